The first-order valence-electron chi connectivity index (χ1n) is 12.6. The highest BCUT2D eigenvalue weighted by molar-refractivity contribution is 6.35. The van der Waals surface area contributed by atoms with E-state index in [2.05, 4.69) is 22.4 Å². The van der Waals surface area contributed by atoms with Gasteiger partial charge in [-0.3, -0.25) is 9.59 Å². The van der Waals surface area contributed by atoms with Crippen LogP contribution in [0, 0.1) is 0 Å². The molecule has 2 amide bonds. The number of carbonyl (C=O) groups excluding carboxylic acids is 2. The number of nitrogens with one attached hydrogen (secondary N) is 2. The topological polar surface area (TPSA) is 98.2 Å². The summed E-state index contributed by atoms with van der Waals surface area (Å²) in [6, 6.07) is 18.4. The maximum Gasteiger partial charge on any atom is 0.262 e. The van der Waals surface area contributed by atoms with Gasteiger partial charge in [0.15, 0.2) is 17.6 Å². The van der Waals surface area contributed by atoms with Crippen LogP contribution in [-0.4, -0.2) is 43.4 Å². The van der Waals surface area contributed by atoms with Crippen molar-refractivity contribution in [1.82, 2.24) is 10.7 Å². The zero-order valence-corrected chi connectivity index (χ0v) is 23.7. The molecule has 0 aliphatic rings. The molecule has 0 saturated heterocycles. The molecule has 8 nitrogen and oxygen atoms in total. The first kappa shape index (κ1) is 30.5. The number of rotatable bonds is 14. The van der Waals surface area contributed by atoms with E-state index in [-0.39, 0.29) is 11.4 Å². The lowest BCUT2D eigenvalue weighted by Crippen LogP contribution is -2.50. The Bertz CT molecular complexity index is 1330. The highest BCUT2D eigenvalue weighted by Gasteiger charge is 2.25. The zero-order chi connectivity index (χ0) is 28.9. The molecule has 0 aliphatic carbocycles. The molecule has 0 saturated carbocycles. The quantitative estimate of drug-likeness (QED) is 0.146. The molecule has 3 rings (SSSR count). The van der Waals surface area contributed by atoms with Crippen molar-refractivity contribution in [2.45, 2.75) is 32.4 Å². The van der Waals surface area contributed by atoms with Crippen LogP contribution < -0.4 is 25.0 Å². The Morgan fingerprint density at radius 3 is 2.42 bits per heavy atom. The second-order valence-corrected chi connectivity index (χ2v) is 9.40. The van der Waals surface area contributed by atoms with Crippen LogP contribution in [-0.2, 0) is 16.0 Å². The predicted molar refractivity (Wildman–Crippen MR) is 158 cm³/mol. The molecular formula is C30H31Cl2N3O5. The fourth-order valence-corrected chi connectivity index (χ4v) is 4.01. The van der Waals surface area contributed by atoms with Crippen molar-refractivity contribution in [3.8, 4) is 17.2 Å². The Morgan fingerprint density at radius 2 is 1.73 bits per heavy atom. The summed E-state index contributed by atoms with van der Waals surface area (Å²) in [5.41, 5.74) is 4.05. The van der Waals surface area contributed by atoms with E-state index in [1.807, 2.05) is 37.3 Å². The van der Waals surface area contributed by atoms with Gasteiger partial charge in [0.1, 0.15) is 18.4 Å². The van der Waals surface area contributed by atoms with Gasteiger partial charge in [-0.1, -0.05) is 66.2 Å². The molecule has 2 N–H and O–H groups in total. The van der Waals surface area contributed by atoms with Crippen LogP contribution in [0.5, 0.6) is 17.2 Å². The highest BCUT2D eigenvalue weighted by Crippen LogP contribution is 2.29. The first-order chi connectivity index (χ1) is 19.3. The number of nitrogens with zero attached hydrogens (tertiary/aromatic N) is 1. The van der Waals surface area contributed by atoms with Gasteiger partial charge in [0.25, 0.3) is 11.8 Å². The summed E-state index contributed by atoms with van der Waals surface area (Å²) in [6.07, 6.45) is 2.43. The number of halogens is 2. The maximum atomic E-state index is 13.1. The van der Waals surface area contributed by atoms with Gasteiger partial charge < -0.3 is 19.5 Å². The molecule has 0 bridgehead atoms. The number of ether oxygens (including phenoxy) is 3. The third-order valence-corrected chi connectivity index (χ3v) is 6.03. The van der Waals surface area contributed by atoms with E-state index in [9.17, 15) is 9.59 Å². The van der Waals surface area contributed by atoms with E-state index >= 15 is 0 Å². The summed E-state index contributed by atoms with van der Waals surface area (Å²) in [7, 11) is 0. The smallest absolute Gasteiger partial charge is 0.262 e. The minimum atomic E-state index is -0.938. The summed E-state index contributed by atoms with van der Waals surface area (Å²) in [5, 5.41) is 7.56. The van der Waals surface area contributed by atoms with Crippen molar-refractivity contribution < 1.29 is 23.8 Å². The number of hydrogen-bond acceptors (Lipinski definition) is 6. The largest absolute Gasteiger partial charge is 0.490 e. The molecule has 0 aliphatic heterocycles. The van der Waals surface area contributed by atoms with Gasteiger partial charge >= 0.3 is 0 Å². The molecular weight excluding hydrogens is 553 g/mol. The third kappa shape index (κ3) is 9.32. The van der Waals surface area contributed by atoms with Crippen molar-refractivity contribution in [3.63, 3.8) is 0 Å². The van der Waals surface area contributed by atoms with Crippen LogP contribution in [0.4, 0.5) is 0 Å². The lowest BCUT2D eigenvalue weighted by Gasteiger charge is -2.21. The molecule has 210 valence electrons. The van der Waals surface area contributed by atoms with Crippen LogP contribution in [0.2, 0.25) is 10.0 Å². The average Bonchev–Trinajstić information content (AvgIpc) is 2.94. The molecule has 0 heterocycles. The molecule has 2 atom stereocenters. The van der Waals surface area contributed by atoms with Gasteiger partial charge in [-0.15, -0.1) is 0 Å². The summed E-state index contributed by atoms with van der Waals surface area (Å²) in [5.74, 6) is 0.423. The van der Waals surface area contributed by atoms with Gasteiger partial charge in [-0.25, -0.2) is 5.43 Å². The van der Waals surface area contributed by atoms with Crippen LogP contribution in [0.1, 0.15) is 25.0 Å². The minimum absolute atomic E-state index is 0.242. The predicted octanol–water partition coefficient (Wildman–Crippen LogP) is 5.60. The third-order valence-electron chi connectivity index (χ3n) is 5.50. The number of hydrogen-bond donors (Lipinski definition) is 2. The van der Waals surface area contributed by atoms with Crippen molar-refractivity contribution in [2.75, 3.05) is 13.2 Å². The Morgan fingerprint density at radius 1 is 0.975 bits per heavy atom. The summed E-state index contributed by atoms with van der Waals surface area (Å²) < 4.78 is 17.0. The SMILES string of the molecule is C=CCOc1ccc(/C=N\NC(=O)[C@H](Cc2ccccc2)NC(=O)[C@@H](C)Oc2ccc(Cl)cc2Cl)cc1OCC. The molecule has 0 fully saturated rings. The molecule has 10 heteroatoms. The van der Waals surface area contributed by atoms with Gasteiger partial charge in [0.2, 0.25) is 0 Å². The average molecular weight is 585 g/mol. The Hall–Kier alpha value is -4.01. The minimum Gasteiger partial charge on any atom is -0.490 e. The van der Waals surface area contributed by atoms with E-state index in [0.29, 0.717) is 41.0 Å². The lowest BCUT2D eigenvalue weighted by atomic mass is 10.1. The summed E-state index contributed by atoms with van der Waals surface area (Å²) in [4.78, 5) is 26.1. The number of benzene rings is 3. The van der Waals surface area contributed by atoms with Gasteiger partial charge in [0, 0.05) is 11.4 Å². The van der Waals surface area contributed by atoms with Gasteiger partial charge in [-0.05, 0) is 61.4 Å². The van der Waals surface area contributed by atoms with Crippen molar-refractivity contribution in [1.29, 1.82) is 0 Å². The van der Waals surface area contributed by atoms with E-state index in [1.165, 1.54) is 12.3 Å². The molecule has 0 radical (unpaired) electrons. The summed E-state index contributed by atoms with van der Waals surface area (Å²) >= 11 is 12.1. The maximum absolute atomic E-state index is 13.1. The molecule has 40 heavy (non-hydrogen) atoms. The zero-order valence-electron chi connectivity index (χ0n) is 22.2. The number of hydrazone groups is 1. The van der Waals surface area contributed by atoms with Crippen LogP contribution >= 0.6 is 23.2 Å². The van der Waals surface area contributed by atoms with E-state index in [0.717, 1.165) is 5.56 Å². The fraction of sp³-hybridized carbons (Fsp3) is 0.233. The summed E-state index contributed by atoms with van der Waals surface area (Å²) in [6.45, 7) is 7.88. The molecule has 0 spiro atoms. The van der Waals surface area contributed by atoms with Crippen molar-refractivity contribution in [3.05, 3.63) is 101 Å². The van der Waals surface area contributed by atoms with Gasteiger partial charge in [-0.2, -0.15) is 5.10 Å². The fourth-order valence-electron chi connectivity index (χ4n) is 3.55. The van der Waals surface area contributed by atoms with Gasteiger partial charge in [0.05, 0.1) is 17.8 Å². The Balaban J connectivity index is 1.70. The molecule has 0 unspecified atom stereocenters. The number of amides is 2. The normalized spacial score (nSPS) is 12.3. The van der Waals surface area contributed by atoms with Crippen molar-refractivity contribution in [2.24, 2.45) is 5.10 Å². The lowest BCUT2D eigenvalue weighted by molar-refractivity contribution is -0.132. The van der Waals surface area contributed by atoms with Crippen LogP contribution in [0.25, 0.3) is 0 Å². The van der Waals surface area contributed by atoms with Crippen LogP contribution in [0.15, 0.2) is 84.5 Å². The Labute approximate surface area is 243 Å². The van der Waals surface area contributed by atoms with Crippen molar-refractivity contribution >= 4 is 41.2 Å². The number of carbonyl (C=O) groups is 2. The second kappa shape index (κ2) is 15.5. The highest BCUT2D eigenvalue weighted by atomic mass is 35.5. The van der Waals surface area contributed by atoms with E-state index in [4.69, 9.17) is 37.4 Å². The molecule has 3 aromatic rings. The molecule has 3 aromatic carbocycles. The molecule has 0 aromatic heterocycles. The van der Waals surface area contributed by atoms with Crippen LogP contribution in [0.3, 0.4) is 0 Å². The Kier molecular flexibility index (Phi) is 11.9. The first-order valence-corrected chi connectivity index (χ1v) is 13.4. The standard InChI is InChI=1S/C30H31Cl2N3O5/c1-4-15-39-27-13-11-22(17-28(27)38-5-2)19-33-35-30(37)25(16-21-9-7-6-8-10-21)34-29(36)20(3)40-26-14-12-23(31)18-24(26)32/h4,6-14,17-20,25H,1,5,15-16H2,2-3H3,(H,34,36)(H,35,37)/b33-19-/t20-,25+/m1/s1. The van der Waals surface area contributed by atoms with E-state index in [1.54, 1.807) is 43.3 Å². The van der Waals surface area contributed by atoms with E-state index < -0.39 is 24.0 Å². The monoisotopic (exact) mass is 583 g/mol. The second-order valence-electron chi connectivity index (χ2n) is 8.56.